The number of amides is 3. The molecule has 8 heteroatoms. The van der Waals surface area contributed by atoms with E-state index < -0.39 is 0 Å². The number of hydrogen-bond acceptors (Lipinski definition) is 5. The molecule has 2 N–H and O–H groups in total. The maximum atomic E-state index is 12.4. The SMILES string of the molecule is CC(=O)N1CCC(CCc2nccc(CCCNC(=O)c3ccc4c(c3)CC(=O)N4)n2)CC1. The van der Waals surface area contributed by atoms with E-state index in [1.807, 2.05) is 17.2 Å². The lowest BCUT2D eigenvalue weighted by Crippen LogP contribution is -2.37. The molecule has 0 radical (unpaired) electrons. The van der Waals surface area contributed by atoms with Gasteiger partial charge in [-0.25, -0.2) is 9.97 Å². The topological polar surface area (TPSA) is 104 Å². The first-order valence-electron chi connectivity index (χ1n) is 11.8. The summed E-state index contributed by atoms with van der Waals surface area (Å²) in [6.45, 7) is 3.90. The van der Waals surface area contributed by atoms with Gasteiger partial charge in [0.1, 0.15) is 5.82 Å². The zero-order valence-electron chi connectivity index (χ0n) is 19.1. The summed E-state index contributed by atoms with van der Waals surface area (Å²) >= 11 is 0. The number of aromatic nitrogens is 2. The fourth-order valence-corrected chi connectivity index (χ4v) is 4.51. The maximum absolute atomic E-state index is 12.4. The molecule has 0 saturated carbocycles. The number of hydrogen-bond donors (Lipinski definition) is 2. The first-order chi connectivity index (χ1) is 16.0. The van der Waals surface area contributed by atoms with E-state index in [-0.39, 0.29) is 17.7 Å². The van der Waals surface area contributed by atoms with Crippen molar-refractivity contribution < 1.29 is 14.4 Å². The monoisotopic (exact) mass is 449 g/mol. The van der Waals surface area contributed by atoms with E-state index in [2.05, 4.69) is 15.6 Å². The van der Waals surface area contributed by atoms with Crippen molar-refractivity contribution in [3.8, 4) is 0 Å². The molecule has 8 nitrogen and oxygen atoms in total. The summed E-state index contributed by atoms with van der Waals surface area (Å²) in [5, 5.41) is 5.73. The van der Waals surface area contributed by atoms with Gasteiger partial charge >= 0.3 is 0 Å². The average molecular weight is 450 g/mol. The van der Waals surface area contributed by atoms with Crippen LogP contribution in [-0.2, 0) is 28.9 Å². The van der Waals surface area contributed by atoms with E-state index in [0.29, 0.717) is 24.4 Å². The Labute approximate surface area is 194 Å². The summed E-state index contributed by atoms with van der Waals surface area (Å²) in [6, 6.07) is 7.23. The average Bonchev–Trinajstić information content (AvgIpc) is 3.20. The fourth-order valence-electron chi connectivity index (χ4n) is 4.51. The smallest absolute Gasteiger partial charge is 0.251 e. The van der Waals surface area contributed by atoms with Crippen LogP contribution < -0.4 is 10.6 Å². The highest BCUT2D eigenvalue weighted by molar-refractivity contribution is 6.01. The fraction of sp³-hybridized carbons (Fsp3) is 0.480. The van der Waals surface area contributed by atoms with Crippen molar-refractivity contribution in [1.29, 1.82) is 0 Å². The molecule has 1 saturated heterocycles. The number of piperidine rings is 1. The van der Waals surface area contributed by atoms with Crippen molar-refractivity contribution in [3.05, 3.63) is 53.1 Å². The second-order valence-electron chi connectivity index (χ2n) is 8.91. The Bertz CT molecular complexity index is 1030. The Balaban J connectivity index is 1.18. The van der Waals surface area contributed by atoms with Crippen LogP contribution in [-0.4, -0.2) is 52.2 Å². The van der Waals surface area contributed by atoms with E-state index >= 15 is 0 Å². The van der Waals surface area contributed by atoms with Gasteiger partial charge in [-0.05, 0) is 67.9 Å². The highest BCUT2D eigenvalue weighted by Crippen LogP contribution is 2.24. The number of carbonyl (C=O) groups excluding carboxylic acids is 3. The van der Waals surface area contributed by atoms with Gasteiger partial charge < -0.3 is 15.5 Å². The maximum Gasteiger partial charge on any atom is 0.251 e. The standard InChI is InChI=1S/C25H31N5O3/c1-17(31)30-13-9-18(10-14-30)4-7-23-26-12-8-21(28-23)3-2-11-27-25(33)19-5-6-22-20(15-19)16-24(32)29-22/h5-6,8,12,15,18H,2-4,7,9-11,13-14,16H2,1H3,(H,27,33)(H,29,32). The van der Waals surface area contributed by atoms with Gasteiger partial charge in [-0.15, -0.1) is 0 Å². The molecule has 0 atom stereocenters. The summed E-state index contributed by atoms with van der Waals surface area (Å²) in [5.74, 6) is 1.49. The molecular formula is C25H31N5O3. The van der Waals surface area contributed by atoms with E-state index in [1.54, 1.807) is 25.1 Å². The van der Waals surface area contributed by atoms with Crippen molar-refractivity contribution in [1.82, 2.24) is 20.2 Å². The third-order valence-corrected chi connectivity index (χ3v) is 6.49. The van der Waals surface area contributed by atoms with Gasteiger partial charge in [0.15, 0.2) is 0 Å². The van der Waals surface area contributed by atoms with Crippen molar-refractivity contribution in [2.75, 3.05) is 25.0 Å². The molecule has 0 aliphatic carbocycles. The van der Waals surface area contributed by atoms with Crippen LogP contribution in [0.25, 0.3) is 0 Å². The summed E-state index contributed by atoms with van der Waals surface area (Å²) in [5.41, 5.74) is 3.22. The van der Waals surface area contributed by atoms with E-state index in [1.165, 1.54) is 0 Å². The van der Waals surface area contributed by atoms with Crippen LogP contribution >= 0.6 is 0 Å². The minimum Gasteiger partial charge on any atom is -0.352 e. The molecule has 2 aliphatic rings. The number of likely N-dealkylation sites (tertiary alicyclic amines) is 1. The normalized spacial score (nSPS) is 15.8. The van der Waals surface area contributed by atoms with E-state index in [0.717, 1.165) is 74.4 Å². The summed E-state index contributed by atoms with van der Waals surface area (Å²) in [6.07, 6.45) is 7.70. The number of nitrogens with zero attached hydrogens (tertiary/aromatic N) is 3. The molecule has 3 heterocycles. The molecule has 1 fully saturated rings. The first-order valence-corrected chi connectivity index (χ1v) is 11.8. The molecule has 1 aromatic carbocycles. The lowest BCUT2D eigenvalue weighted by molar-refractivity contribution is -0.130. The Morgan fingerprint density at radius 3 is 2.79 bits per heavy atom. The predicted octanol–water partition coefficient (Wildman–Crippen LogP) is 2.52. The quantitative estimate of drug-likeness (QED) is 0.603. The van der Waals surface area contributed by atoms with Gasteiger partial charge in [-0.3, -0.25) is 14.4 Å². The molecule has 1 aromatic heterocycles. The van der Waals surface area contributed by atoms with Crippen LogP contribution in [0.4, 0.5) is 5.69 Å². The third-order valence-electron chi connectivity index (χ3n) is 6.49. The largest absolute Gasteiger partial charge is 0.352 e. The van der Waals surface area contributed by atoms with Crippen LogP contribution in [0.2, 0.25) is 0 Å². The predicted molar refractivity (Wildman–Crippen MR) is 125 cm³/mol. The minimum absolute atomic E-state index is 0.0369. The first kappa shape index (κ1) is 22.9. The third kappa shape index (κ3) is 6.15. The molecule has 0 spiro atoms. The molecule has 3 amide bonds. The van der Waals surface area contributed by atoms with Gasteiger partial charge in [-0.2, -0.15) is 0 Å². The second kappa shape index (κ2) is 10.6. The molecule has 33 heavy (non-hydrogen) atoms. The zero-order valence-corrected chi connectivity index (χ0v) is 19.1. The number of nitrogens with one attached hydrogen (secondary N) is 2. The number of aryl methyl sites for hydroxylation is 2. The zero-order chi connectivity index (χ0) is 23.2. The van der Waals surface area contributed by atoms with Gasteiger partial charge in [0.2, 0.25) is 11.8 Å². The molecule has 2 aromatic rings. The van der Waals surface area contributed by atoms with Crippen LogP contribution in [0.1, 0.15) is 60.0 Å². The van der Waals surface area contributed by atoms with Crippen molar-refractivity contribution in [3.63, 3.8) is 0 Å². The van der Waals surface area contributed by atoms with Gasteiger partial charge in [0.05, 0.1) is 6.42 Å². The Kier molecular flexibility index (Phi) is 7.32. The minimum atomic E-state index is -0.128. The molecule has 0 bridgehead atoms. The van der Waals surface area contributed by atoms with Crippen LogP contribution in [0.3, 0.4) is 0 Å². The molecule has 174 valence electrons. The number of carbonyl (C=O) groups is 3. The van der Waals surface area contributed by atoms with Crippen LogP contribution in [0.15, 0.2) is 30.5 Å². The summed E-state index contributed by atoms with van der Waals surface area (Å²) in [4.78, 5) is 46.4. The van der Waals surface area contributed by atoms with E-state index in [9.17, 15) is 14.4 Å². The number of benzene rings is 1. The lowest BCUT2D eigenvalue weighted by Gasteiger charge is -2.31. The Morgan fingerprint density at radius 2 is 2.00 bits per heavy atom. The Hall–Kier alpha value is -3.29. The van der Waals surface area contributed by atoms with Gasteiger partial charge in [0, 0.05) is 56.1 Å². The van der Waals surface area contributed by atoms with Gasteiger partial charge in [0.25, 0.3) is 5.91 Å². The molecular weight excluding hydrogens is 418 g/mol. The summed E-state index contributed by atoms with van der Waals surface area (Å²) < 4.78 is 0. The highest BCUT2D eigenvalue weighted by atomic mass is 16.2. The van der Waals surface area contributed by atoms with Crippen LogP contribution in [0.5, 0.6) is 0 Å². The number of rotatable bonds is 8. The Morgan fingerprint density at radius 1 is 1.18 bits per heavy atom. The highest BCUT2D eigenvalue weighted by Gasteiger charge is 2.21. The molecule has 4 rings (SSSR count). The summed E-state index contributed by atoms with van der Waals surface area (Å²) in [7, 11) is 0. The second-order valence-corrected chi connectivity index (χ2v) is 8.91. The number of fused-ring (bicyclic) bond motifs is 1. The number of anilines is 1. The lowest BCUT2D eigenvalue weighted by atomic mass is 9.92. The van der Waals surface area contributed by atoms with Crippen LogP contribution in [0, 0.1) is 5.92 Å². The van der Waals surface area contributed by atoms with E-state index in [4.69, 9.17) is 4.98 Å². The van der Waals surface area contributed by atoms with Crippen molar-refractivity contribution in [2.45, 2.75) is 51.9 Å². The van der Waals surface area contributed by atoms with Crippen molar-refractivity contribution >= 4 is 23.4 Å². The molecule has 2 aliphatic heterocycles. The molecule has 0 unspecified atom stereocenters. The van der Waals surface area contributed by atoms with Crippen molar-refractivity contribution in [2.24, 2.45) is 5.92 Å². The van der Waals surface area contributed by atoms with Gasteiger partial charge in [-0.1, -0.05) is 0 Å².